The number of rotatable bonds is 4. The molecule has 0 radical (unpaired) electrons. The van der Waals surface area contributed by atoms with Crippen molar-refractivity contribution in [3.05, 3.63) is 64.4 Å². The standard InChI is InChI=1S/C22H25ClFN3O2/c1-15-4-9-19(18(23)12-15)26-21(29)27-11-3-10-22(2,14-27)20(28)25-13-16-5-7-17(24)8-6-16/h4-9,12H,3,10-11,13-14H2,1-2H3,(H,25,28)(H,26,29). The number of nitrogens with one attached hydrogen (secondary N) is 2. The number of urea groups is 1. The van der Waals surface area contributed by atoms with Gasteiger partial charge in [0, 0.05) is 19.6 Å². The lowest BCUT2D eigenvalue weighted by atomic mass is 9.81. The summed E-state index contributed by atoms with van der Waals surface area (Å²) in [6.07, 6.45) is 1.42. The fraction of sp³-hybridized carbons (Fsp3) is 0.364. The second-order valence-electron chi connectivity index (χ2n) is 7.81. The molecular weight excluding hydrogens is 393 g/mol. The summed E-state index contributed by atoms with van der Waals surface area (Å²) in [5.41, 5.74) is 1.70. The van der Waals surface area contributed by atoms with Crippen LogP contribution in [0.4, 0.5) is 14.9 Å². The van der Waals surface area contributed by atoms with Gasteiger partial charge in [0.15, 0.2) is 0 Å². The van der Waals surface area contributed by atoms with Crippen LogP contribution >= 0.6 is 11.6 Å². The normalized spacial score (nSPS) is 19.0. The van der Waals surface area contributed by atoms with Crippen LogP contribution in [0.3, 0.4) is 0 Å². The maximum Gasteiger partial charge on any atom is 0.321 e. The van der Waals surface area contributed by atoms with Gasteiger partial charge < -0.3 is 15.5 Å². The largest absolute Gasteiger partial charge is 0.351 e. The molecule has 29 heavy (non-hydrogen) atoms. The van der Waals surface area contributed by atoms with E-state index in [1.54, 1.807) is 29.2 Å². The number of benzene rings is 2. The number of amides is 3. The Balaban J connectivity index is 1.60. The minimum Gasteiger partial charge on any atom is -0.351 e. The van der Waals surface area contributed by atoms with Crippen molar-refractivity contribution >= 4 is 29.2 Å². The molecule has 5 nitrogen and oxygen atoms in total. The maximum atomic E-state index is 13.0. The molecule has 1 aliphatic heterocycles. The number of aryl methyl sites for hydroxylation is 1. The van der Waals surface area contributed by atoms with Gasteiger partial charge in [-0.1, -0.05) is 29.8 Å². The molecule has 2 N–H and O–H groups in total. The van der Waals surface area contributed by atoms with Crippen molar-refractivity contribution in [2.45, 2.75) is 33.2 Å². The van der Waals surface area contributed by atoms with E-state index in [-0.39, 0.29) is 17.8 Å². The third-order valence-corrected chi connectivity index (χ3v) is 5.58. The molecule has 1 aliphatic rings. The van der Waals surface area contributed by atoms with Gasteiger partial charge in [-0.3, -0.25) is 4.79 Å². The van der Waals surface area contributed by atoms with Gasteiger partial charge in [-0.25, -0.2) is 9.18 Å². The van der Waals surface area contributed by atoms with E-state index in [4.69, 9.17) is 11.6 Å². The van der Waals surface area contributed by atoms with E-state index >= 15 is 0 Å². The zero-order valence-electron chi connectivity index (χ0n) is 16.6. The van der Waals surface area contributed by atoms with Crippen LogP contribution in [-0.2, 0) is 11.3 Å². The number of halogens is 2. The average Bonchev–Trinajstić information content (AvgIpc) is 2.69. The summed E-state index contributed by atoms with van der Waals surface area (Å²) in [5.74, 6) is -0.428. The number of hydrogen-bond acceptors (Lipinski definition) is 2. The number of piperidine rings is 1. The van der Waals surface area contributed by atoms with Crippen molar-refractivity contribution < 1.29 is 14.0 Å². The lowest BCUT2D eigenvalue weighted by Crippen LogP contribution is -2.52. The van der Waals surface area contributed by atoms with Crippen LogP contribution in [0.2, 0.25) is 5.02 Å². The molecule has 7 heteroatoms. The van der Waals surface area contributed by atoms with Crippen LogP contribution in [-0.4, -0.2) is 29.9 Å². The van der Waals surface area contributed by atoms with E-state index in [9.17, 15) is 14.0 Å². The molecule has 0 bridgehead atoms. The number of carbonyl (C=O) groups is 2. The Morgan fingerprint density at radius 1 is 1.21 bits per heavy atom. The van der Waals surface area contributed by atoms with Crippen molar-refractivity contribution in [2.24, 2.45) is 5.41 Å². The highest BCUT2D eigenvalue weighted by atomic mass is 35.5. The van der Waals surface area contributed by atoms with Crippen LogP contribution < -0.4 is 10.6 Å². The highest BCUT2D eigenvalue weighted by Crippen LogP contribution is 2.31. The molecule has 0 spiro atoms. The van der Waals surface area contributed by atoms with E-state index < -0.39 is 5.41 Å². The van der Waals surface area contributed by atoms with Crippen LogP contribution in [0.25, 0.3) is 0 Å². The topological polar surface area (TPSA) is 61.4 Å². The van der Waals surface area contributed by atoms with Crippen molar-refractivity contribution in [1.29, 1.82) is 0 Å². The minimum absolute atomic E-state index is 0.118. The second kappa shape index (κ2) is 8.82. The molecule has 1 heterocycles. The summed E-state index contributed by atoms with van der Waals surface area (Å²) in [5, 5.41) is 6.23. The van der Waals surface area contributed by atoms with Crippen molar-refractivity contribution in [2.75, 3.05) is 18.4 Å². The smallest absolute Gasteiger partial charge is 0.321 e. The fourth-order valence-electron chi connectivity index (χ4n) is 3.51. The van der Waals surface area contributed by atoms with Gasteiger partial charge in [0.1, 0.15) is 5.82 Å². The summed E-state index contributed by atoms with van der Waals surface area (Å²) in [6.45, 7) is 5.01. The highest BCUT2D eigenvalue weighted by molar-refractivity contribution is 6.33. The molecular formula is C22H25ClFN3O2. The summed E-state index contributed by atoms with van der Waals surface area (Å²) in [6, 6.07) is 11.2. The molecule has 1 unspecified atom stereocenters. The zero-order valence-corrected chi connectivity index (χ0v) is 17.4. The van der Waals surface area contributed by atoms with E-state index in [0.717, 1.165) is 17.5 Å². The third-order valence-electron chi connectivity index (χ3n) is 5.26. The monoisotopic (exact) mass is 417 g/mol. The van der Waals surface area contributed by atoms with Crippen LogP contribution in [0, 0.1) is 18.2 Å². The fourth-order valence-corrected chi connectivity index (χ4v) is 3.79. The summed E-state index contributed by atoms with van der Waals surface area (Å²) in [7, 11) is 0. The summed E-state index contributed by atoms with van der Waals surface area (Å²) < 4.78 is 13.0. The highest BCUT2D eigenvalue weighted by Gasteiger charge is 2.39. The SMILES string of the molecule is Cc1ccc(NC(=O)N2CCCC(C)(C(=O)NCc3ccc(F)cc3)C2)c(Cl)c1. The van der Waals surface area contributed by atoms with Crippen LogP contribution in [0.1, 0.15) is 30.9 Å². The first-order valence-electron chi connectivity index (χ1n) is 9.62. The molecule has 3 amide bonds. The molecule has 1 atom stereocenters. The molecule has 154 valence electrons. The molecule has 2 aromatic rings. The van der Waals surface area contributed by atoms with Crippen LogP contribution in [0.15, 0.2) is 42.5 Å². The minimum atomic E-state index is -0.688. The van der Waals surface area contributed by atoms with Crippen LogP contribution in [0.5, 0.6) is 0 Å². The van der Waals surface area contributed by atoms with E-state index in [0.29, 0.717) is 36.8 Å². The summed E-state index contributed by atoms with van der Waals surface area (Å²) in [4.78, 5) is 27.2. The molecule has 2 aromatic carbocycles. The van der Waals surface area contributed by atoms with Gasteiger partial charge in [-0.2, -0.15) is 0 Å². The van der Waals surface area contributed by atoms with Gasteiger partial charge in [-0.15, -0.1) is 0 Å². The quantitative estimate of drug-likeness (QED) is 0.754. The zero-order chi connectivity index (χ0) is 21.0. The predicted molar refractivity (Wildman–Crippen MR) is 112 cm³/mol. The Labute approximate surface area is 175 Å². The molecule has 0 saturated carbocycles. The first-order valence-corrected chi connectivity index (χ1v) is 9.99. The molecule has 1 saturated heterocycles. The number of nitrogens with zero attached hydrogens (tertiary/aromatic N) is 1. The van der Waals surface area contributed by atoms with Gasteiger partial charge in [-0.05, 0) is 62.1 Å². The van der Waals surface area contributed by atoms with Crippen molar-refractivity contribution in [1.82, 2.24) is 10.2 Å². The Hall–Kier alpha value is -2.60. The van der Waals surface area contributed by atoms with E-state index in [1.165, 1.54) is 12.1 Å². The number of carbonyl (C=O) groups excluding carboxylic acids is 2. The Kier molecular flexibility index (Phi) is 6.42. The van der Waals surface area contributed by atoms with Crippen molar-refractivity contribution in [3.63, 3.8) is 0 Å². The van der Waals surface area contributed by atoms with E-state index in [1.807, 2.05) is 19.9 Å². The second-order valence-corrected chi connectivity index (χ2v) is 8.22. The van der Waals surface area contributed by atoms with Crippen molar-refractivity contribution in [3.8, 4) is 0 Å². The summed E-state index contributed by atoms with van der Waals surface area (Å²) >= 11 is 6.21. The average molecular weight is 418 g/mol. The predicted octanol–water partition coefficient (Wildman–Crippen LogP) is 4.74. The number of likely N-dealkylation sites (tertiary alicyclic amines) is 1. The van der Waals surface area contributed by atoms with Gasteiger partial charge >= 0.3 is 6.03 Å². The number of hydrogen-bond donors (Lipinski definition) is 2. The Morgan fingerprint density at radius 3 is 2.62 bits per heavy atom. The Morgan fingerprint density at radius 2 is 1.93 bits per heavy atom. The first-order chi connectivity index (χ1) is 13.8. The molecule has 3 rings (SSSR count). The molecule has 1 fully saturated rings. The van der Waals surface area contributed by atoms with E-state index in [2.05, 4.69) is 10.6 Å². The Bertz CT molecular complexity index is 903. The first kappa shape index (κ1) is 21.1. The lowest BCUT2D eigenvalue weighted by Gasteiger charge is -2.39. The van der Waals surface area contributed by atoms with Gasteiger partial charge in [0.2, 0.25) is 5.91 Å². The molecule has 0 aromatic heterocycles. The van der Waals surface area contributed by atoms with Gasteiger partial charge in [0.25, 0.3) is 0 Å². The molecule has 0 aliphatic carbocycles. The third kappa shape index (κ3) is 5.26. The maximum absolute atomic E-state index is 13.0. The lowest BCUT2D eigenvalue weighted by molar-refractivity contribution is -0.132. The number of anilines is 1. The van der Waals surface area contributed by atoms with Gasteiger partial charge in [0.05, 0.1) is 16.1 Å².